The van der Waals surface area contributed by atoms with Crippen molar-refractivity contribution >= 4 is 23.4 Å². The summed E-state index contributed by atoms with van der Waals surface area (Å²) in [6.07, 6.45) is 1.01. The van der Waals surface area contributed by atoms with Crippen molar-refractivity contribution in [3.8, 4) is 5.75 Å². The lowest BCUT2D eigenvalue weighted by Gasteiger charge is -2.23. The lowest BCUT2D eigenvalue weighted by atomic mass is 10.0. The number of esters is 1. The largest absolute Gasteiger partial charge is 0.497 e. The van der Waals surface area contributed by atoms with Crippen molar-refractivity contribution in [1.29, 1.82) is 0 Å². The molecule has 2 aromatic carbocycles. The highest BCUT2D eigenvalue weighted by atomic mass is 32.2. The molecule has 2 N–H and O–H groups in total. The molecule has 0 radical (unpaired) electrons. The van der Waals surface area contributed by atoms with Crippen molar-refractivity contribution in [3.63, 3.8) is 0 Å². The second-order valence-corrected chi connectivity index (χ2v) is 9.19. The summed E-state index contributed by atoms with van der Waals surface area (Å²) in [6.45, 7) is 2.15. The molecule has 176 valence electrons. The van der Waals surface area contributed by atoms with Crippen molar-refractivity contribution in [1.82, 2.24) is 25.7 Å². The van der Waals surface area contributed by atoms with E-state index in [1.54, 1.807) is 18.7 Å². The third-order valence-electron chi connectivity index (χ3n) is 5.86. The summed E-state index contributed by atoms with van der Waals surface area (Å²) in [5.41, 5.74) is 9.60. The molecule has 3 unspecified atom stereocenters. The zero-order valence-electron chi connectivity index (χ0n) is 19.0. The van der Waals surface area contributed by atoms with Crippen LogP contribution in [-0.4, -0.2) is 45.5 Å². The molecule has 0 amide bonds. The fourth-order valence-electron chi connectivity index (χ4n) is 4.16. The van der Waals surface area contributed by atoms with E-state index in [0.29, 0.717) is 11.8 Å². The monoisotopic (exact) mass is 478 g/mol. The number of aromatic nitrogens is 3. The van der Waals surface area contributed by atoms with Crippen LogP contribution < -0.4 is 15.6 Å². The number of hydrogen-bond acceptors (Lipinski definition) is 9. The predicted molar refractivity (Wildman–Crippen MR) is 129 cm³/mol. The van der Waals surface area contributed by atoms with E-state index in [2.05, 4.69) is 33.2 Å². The highest BCUT2D eigenvalue weighted by molar-refractivity contribution is 8.00. The normalized spacial score (nSPS) is 21.6. The van der Waals surface area contributed by atoms with Gasteiger partial charge in [0.25, 0.3) is 0 Å². The van der Waals surface area contributed by atoms with Gasteiger partial charge in [-0.25, -0.2) is 10.9 Å². The molecule has 3 heterocycles. The van der Waals surface area contributed by atoms with Gasteiger partial charge in [0.1, 0.15) is 5.75 Å². The van der Waals surface area contributed by atoms with Crippen LogP contribution in [-0.2, 0) is 9.53 Å². The van der Waals surface area contributed by atoms with Crippen molar-refractivity contribution in [2.24, 2.45) is 5.10 Å². The van der Waals surface area contributed by atoms with Gasteiger partial charge in [-0.1, -0.05) is 42.1 Å². The predicted octanol–water partition coefficient (Wildman–Crippen LogP) is 3.25. The van der Waals surface area contributed by atoms with E-state index >= 15 is 0 Å². The number of carbonyl (C=O) groups is 1. The van der Waals surface area contributed by atoms with Crippen LogP contribution in [0, 0.1) is 0 Å². The zero-order chi connectivity index (χ0) is 23.5. The third-order valence-corrected chi connectivity index (χ3v) is 7.00. The molecule has 5 rings (SSSR count). The quantitative estimate of drug-likeness (QED) is 0.499. The Hall–Kier alpha value is -3.21. The second-order valence-electron chi connectivity index (χ2n) is 8.02. The van der Waals surface area contributed by atoms with Gasteiger partial charge in [0.05, 0.1) is 37.1 Å². The van der Waals surface area contributed by atoms with Gasteiger partial charge in [0, 0.05) is 6.04 Å². The Morgan fingerprint density at radius 2 is 1.85 bits per heavy atom. The van der Waals surface area contributed by atoms with Gasteiger partial charge in [0.15, 0.2) is 5.82 Å². The smallest absolute Gasteiger partial charge is 0.307 e. The molecule has 1 aromatic heterocycles. The maximum absolute atomic E-state index is 12.3. The molecule has 9 nitrogen and oxygen atoms in total. The van der Waals surface area contributed by atoms with E-state index in [1.165, 1.54) is 17.3 Å². The molecular weight excluding hydrogens is 452 g/mol. The molecule has 2 aliphatic rings. The Morgan fingerprint density at radius 3 is 2.59 bits per heavy atom. The minimum Gasteiger partial charge on any atom is -0.497 e. The topological polar surface area (TPSA) is 103 Å². The number of thioether (sulfide) groups is 1. The average molecular weight is 479 g/mol. The maximum Gasteiger partial charge on any atom is 0.307 e. The molecule has 1 fully saturated rings. The van der Waals surface area contributed by atoms with Gasteiger partial charge in [-0.15, -0.1) is 10.2 Å². The molecular formula is C24H26N6O3S. The summed E-state index contributed by atoms with van der Waals surface area (Å²) in [5, 5.41) is 14.2. The van der Waals surface area contributed by atoms with E-state index < -0.39 is 0 Å². The van der Waals surface area contributed by atoms with Gasteiger partial charge in [-0.05, 0) is 48.7 Å². The van der Waals surface area contributed by atoms with Crippen LogP contribution in [0.5, 0.6) is 5.75 Å². The number of carbonyl (C=O) groups excluding carboxylic acids is 1. The Bertz CT molecular complexity index is 1180. The van der Waals surface area contributed by atoms with Crippen LogP contribution in [0.15, 0.2) is 64.9 Å². The first kappa shape index (κ1) is 22.6. The molecule has 0 aliphatic carbocycles. The van der Waals surface area contributed by atoms with E-state index in [9.17, 15) is 4.79 Å². The lowest BCUT2D eigenvalue weighted by molar-refractivity contribution is -0.142. The van der Waals surface area contributed by atoms with Gasteiger partial charge < -0.3 is 9.47 Å². The molecule has 3 atom stereocenters. The van der Waals surface area contributed by atoms with Crippen LogP contribution in [0.1, 0.15) is 48.8 Å². The number of nitrogens with one attached hydrogen (secondary N) is 2. The van der Waals surface area contributed by atoms with Crippen molar-refractivity contribution in [2.45, 2.75) is 42.3 Å². The minimum atomic E-state index is -0.262. The molecule has 0 bridgehead atoms. The number of methoxy groups -OCH3 is 1. The number of nitrogens with zero attached hydrogens (tertiary/aromatic N) is 4. The molecule has 34 heavy (non-hydrogen) atoms. The van der Waals surface area contributed by atoms with Crippen LogP contribution in [0.3, 0.4) is 0 Å². The number of ether oxygens (including phenoxy) is 2. The number of rotatable bonds is 7. The molecule has 1 saturated heterocycles. The van der Waals surface area contributed by atoms with Crippen LogP contribution in [0.25, 0.3) is 0 Å². The average Bonchev–Trinajstić information content (AvgIpc) is 3.51. The first-order valence-corrected chi connectivity index (χ1v) is 12.1. The van der Waals surface area contributed by atoms with Gasteiger partial charge >= 0.3 is 5.97 Å². The maximum atomic E-state index is 12.3. The Morgan fingerprint density at radius 1 is 1.09 bits per heavy atom. The van der Waals surface area contributed by atoms with Gasteiger partial charge in [-0.2, -0.15) is 9.78 Å². The fraction of sp³-hybridized carbons (Fsp3) is 0.333. The summed E-state index contributed by atoms with van der Waals surface area (Å²) >= 11 is 1.48. The molecule has 2 aliphatic heterocycles. The second kappa shape index (κ2) is 9.96. The number of benzene rings is 2. The first-order valence-electron chi connectivity index (χ1n) is 11.2. The fourth-order valence-corrected chi connectivity index (χ4v) is 5.25. The minimum absolute atomic E-state index is 0.0606. The van der Waals surface area contributed by atoms with Gasteiger partial charge in [-0.3, -0.25) is 4.79 Å². The van der Waals surface area contributed by atoms with Crippen molar-refractivity contribution in [3.05, 3.63) is 71.5 Å². The Labute approximate surface area is 201 Å². The van der Waals surface area contributed by atoms with Crippen LogP contribution in [0.4, 0.5) is 0 Å². The lowest BCUT2D eigenvalue weighted by Crippen LogP contribution is -2.30. The zero-order valence-corrected chi connectivity index (χ0v) is 19.8. The molecule has 10 heteroatoms. The molecule has 0 spiro atoms. The van der Waals surface area contributed by atoms with E-state index in [1.807, 2.05) is 42.5 Å². The molecule has 3 aromatic rings. The van der Waals surface area contributed by atoms with Crippen molar-refractivity contribution in [2.75, 3.05) is 13.7 Å². The summed E-state index contributed by atoms with van der Waals surface area (Å²) in [7, 11) is 1.63. The summed E-state index contributed by atoms with van der Waals surface area (Å²) in [6, 6.07) is 18.1. The summed E-state index contributed by atoms with van der Waals surface area (Å²) < 4.78 is 12.3. The standard InChI is InChI=1S/C24H26N6O3S/c1-3-33-21(31)14-20-22(16-9-11-17(32-2)12-10-16)29-30-23(27-28-24(30)34-20)19-13-18(25-26-19)15-7-5-4-6-8-15/h4-12,18-20,25-26H,3,13-14H2,1-2H3. The molecule has 0 saturated carbocycles. The number of hydrazine groups is 1. The third kappa shape index (κ3) is 4.56. The van der Waals surface area contributed by atoms with Crippen LogP contribution in [0.2, 0.25) is 0 Å². The van der Waals surface area contributed by atoms with Crippen molar-refractivity contribution < 1.29 is 14.3 Å². The first-order chi connectivity index (χ1) is 16.7. The summed E-state index contributed by atoms with van der Waals surface area (Å²) in [5.74, 6) is 1.23. The number of fused-ring (bicyclic) bond motifs is 1. The van der Waals surface area contributed by atoms with Gasteiger partial charge in [0.2, 0.25) is 5.16 Å². The van der Waals surface area contributed by atoms with Crippen LogP contribution >= 0.6 is 11.8 Å². The Balaban J connectivity index is 1.45. The van der Waals surface area contributed by atoms with E-state index in [4.69, 9.17) is 14.6 Å². The highest BCUT2D eigenvalue weighted by Crippen LogP contribution is 2.36. The number of hydrogen-bond donors (Lipinski definition) is 2. The highest BCUT2D eigenvalue weighted by Gasteiger charge is 2.35. The summed E-state index contributed by atoms with van der Waals surface area (Å²) in [4.78, 5) is 12.3. The Kier molecular flexibility index (Phi) is 6.61. The van der Waals surface area contributed by atoms with E-state index in [-0.39, 0.29) is 29.7 Å². The van der Waals surface area contributed by atoms with E-state index in [0.717, 1.165) is 29.3 Å². The SMILES string of the molecule is CCOC(=O)CC1Sc2nnc(C3CC(c4ccccc4)NN3)n2N=C1c1ccc(OC)cc1.